The van der Waals surface area contributed by atoms with E-state index in [0.717, 1.165) is 23.6 Å². The molecule has 0 N–H and O–H groups in total. The summed E-state index contributed by atoms with van der Waals surface area (Å²) < 4.78 is 45.2. The number of benzene rings is 2. The van der Waals surface area contributed by atoms with Crippen LogP contribution in [0.4, 0.5) is 13.2 Å². The highest BCUT2D eigenvalue weighted by Gasteiger charge is 2.22. The number of unbranched alkanes of at least 4 members (excludes halogenated alkanes) is 2. The molecule has 2 aromatic carbocycles. The zero-order chi connectivity index (χ0) is 19.9. The van der Waals surface area contributed by atoms with E-state index in [4.69, 9.17) is 4.74 Å². The van der Waals surface area contributed by atoms with Crippen molar-refractivity contribution >= 4 is 0 Å². The maximum absolute atomic E-state index is 13.7. The van der Waals surface area contributed by atoms with Crippen LogP contribution in [-0.2, 0) is 6.61 Å². The lowest BCUT2D eigenvalue weighted by atomic mass is 9.77. The highest BCUT2D eigenvalue weighted by molar-refractivity contribution is 5.28. The second-order valence-electron chi connectivity index (χ2n) is 7.92. The molecule has 0 radical (unpaired) electrons. The van der Waals surface area contributed by atoms with Crippen molar-refractivity contribution in [3.8, 4) is 5.75 Å². The average molecular weight is 390 g/mol. The summed E-state index contributed by atoms with van der Waals surface area (Å²) in [4.78, 5) is 0. The van der Waals surface area contributed by atoms with Gasteiger partial charge < -0.3 is 4.74 Å². The predicted octanol–water partition coefficient (Wildman–Crippen LogP) is 7.54. The molecule has 0 saturated heterocycles. The molecule has 1 nitrogen and oxygen atoms in total. The van der Waals surface area contributed by atoms with Crippen molar-refractivity contribution in [3.63, 3.8) is 0 Å². The summed E-state index contributed by atoms with van der Waals surface area (Å²) >= 11 is 0. The fourth-order valence-corrected chi connectivity index (χ4v) is 4.13. The largest absolute Gasteiger partial charge is 0.486 e. The molecule has 3 rings (SSSR count). The first-order valence-electron chi connectivity index (χ1n) is 10.4. The van der Waals surface area contributed by atoms with Gasteiger partial charge in [-0.15, -0.1) is 0 Å². The molecule has 1 fully saturated rings. The van der Waals surface area contributed by atoms with Crippen LogP contribution in [0.2, 0.25) is 0 Å². The molecule has 1 saturated carbocycles. The molecule has 0 spiro atoms. The van der Waals surface area contributed by atoms with Crippen LogP contribution in [0.3, 0.4) is 0 Å². The van der Waals surface area contributed by atoms with Crippen molar-refractivity contribution in [3.05, 3.63) is 65.0 Å². The van der Waals surface area contributed by atoms with Crippen molar-refractivity contribution < 1.29 is 17.9 Å². The van der Waals surface area contributed by atoms with E-state index in [9.17, 15) is 13.2 Å². The molecule has 1 aliphatic rings. The van der Waals surface area contributed by atoms with Crippen molar-refractivity contribution in [1.29, 1.82) is 0 Å². The SMILES string of the molecule is CCCCCC1CCC(c2ccc(COc3ccc(F)c(F)c3F)cc2)CC1. The molecule has 28 heavy (non-hydrogen) atoms. The highest BCUT2D eigenvalue weighted by Crippen LogP contribution is 2.37. The Bertz CT molecular complexity index is 749. The highest BCUT2D eigenvalue weighted by atomic mass is 19.2. The lowest BCUT2D eigenvalue weighted by molar-refractivity contribution is 0.281. The molecule has 0 amide bonds. The Kier molecular flexibility index (Phi) is 7.41. The third-order valence-corrected chi connectivity index (χ3v) is 5.91. The van der Waals surface area contributed by atoms with Crippen molar-refractivity contribution in [2.45, 2.75) is 70.8 Å². The molecule has 2 aromatic rings. The number of halogens is 3. The van der Waals surface area contributed by atoms with E-state index in [1.54, 1.807) is 0 Å². The number of hydrogen-bond acceptors (Lipinski definition) is 1. The minimum atomic E-state index is -1.50. The van der Waals surface area contributed by atoms with Crippen molar-refractivity contribution in [2.75, 3.05) is 0 Å². The van der Waals surface area contributed by atoms with Gasteiger partial charge in [0.15, 0.2) is 17.4 Å². The van der Waals surface area contributed by atoms with E-state index in [2.05, 4.69) is 19.1 Å². The Balaban J connectivity index is 1.50. The Labute approximate surface area is 165 Å². The minimum Gasteiger partial charge on any atom is -0.486 e. The van der Waals surface area contributed by atoms with Crippen LogP contribution in [0.15, 0.2) is 36.4 Å². The van der Waals surface area contributed by atoms with Gasteiger partial charge in [0.2, 0.25) is 5.82 Å². The third-order valence-electron chi connectivity index (χ3n) is 5.91. The predicted molar refractivity (Wildman–Crippen MR) is 106 cm³/mol. The van der Waals surface area contributed by atoms with Crippen LogP contribution in [0.1, 0.15) is 75.3 Å². The molecule has 1 aliphatic carbocycles. The van der Waals surface area contributed by atoms with Crippen LogP contribution < -0.4 is 4.74 Å². The van der Waals surface area contributed by atoms with E-state index in [-0.39, 0.29) is 12.4 Å². The monoisotopic (exact) mass is 390 g/mol. The first kappa shape index (κ1) is 20.8. The molecular weight excluding hydrogens is 361 g/mol. The lowest BCUT2D eigenvalue weighted by Gasteiger charge is -2.29. The number of ether oxygens (including phenoxy) is 1. The van der Waals surface area contributed by atoms with Gasteiger partial charge in [0.1, 0.15) is 6.61 Å². The summed E-state index contributed by atoms with van der Waals surface area (Å²) in [6, 6.07) is 10.2. The standard InChI is InChI=1S/C24H29F3O/c1-2-3-4-5-17-6-10-19(11-7-17)20-12-8-18(9-13-20)16-28-22-15-14-21(25)23(26)24(22)27/h8-9,12-15,17,19H,2-7,10-11,16H2,1H3. The normalized spacial score (nSPS) is 19.6. The molecule has 0 atom stereocenters. The fraction of sp³-hybridized carbons (Fsp3) is 0.500. The van der Waals surface area contributed by atoms with Gasteiger partial charge in [0, 0.05) is 0 Å². The molecule has 0 aromatic heterocycles. The van der Waals surface area contributed by atoms with Gasteiger partial charge >= 0.3 is 0 Å². The number of rotatable bonds is 8. The fourth-order valence-electron chi connectivity index (χ4n) is 4.13. The van der Waals surface area contributed by atoms with E-state index < -0.39 is 17.5 Å². The van der Waals surface area contributed by atoms with Crippen LogP contribution in [0.5, 0.6) is 5.75 Å². The van der Waals surface area contributed by atoms with Crippen LogP contribution in [-0.4, -0.2) is 0 Å². The average Bonchev–Trinajstić information content (AvgIpc) is 2.73. The van der Waals surface area contributed by atoms with Gasteiger partial charge in [0.05, 0.1) is 0 Å². The lowest BCUT2D eigenvalue weighted by Crippen LogP contribution is -2.13. The second-order valence-corrected chi connectivity index (χ2v) is 7.92. The molecule has 0 aliphatic heterocycles. The molecule has 0 heterocycles. The Morgan fingerprint density at radius 2 is 1.57 bits per heavy atom. The van der Waals surface area contributed by atoms with Crippen LogP contribution in [0, 0.1) is 23.4 Å². The third kappa shape index (κ3) is 5.30. The summed E-state index contributed by atoms with van der Waals surface area (Å²) in [5.41, 5.74) is 2.22. The summed E-state index contributed by atoms with van der Waals surface area (Å²) in [7, 11) is 0. The van der Waals surface area contributed by atoms with E-state index in [1.807, 2.05) is 12.1 Å². The maximum atomic E-state index is 13.7. The number of hydrogen-bond donors (Lipinski definition) is 0. The first-order chi connectivity index (χ1) is 13.6. The molecule has 0 bridgehead atoms. The molecule has 4 heteroatoms. The van der Waals surface area contributed by atoms with Gasteiger partial charge in [-0.25, -0.2) is 8.78 Å². The quantitative estimate of drug-likeness (QED) is 0.334. The topological polar surface area (TPSA) is 9.23 Å². The summed E-state index contributed by atoms with van der Waals surface area (Å²) in [6.07, 6.45) is 10.5. The molecule has 152 valence electrons. The van der Waals surface area contributed by atoms with E-state index >= 15 is 0 Å². The summed E-state index contributed by atoms with van der Waals surface area (Å²) in [5, 5.41) is 0. The van der Waals surface area contributed by atoms with Gasteiger partial charge in [-0.1, -0.05) is 56.9 Å². The van der Waals surface area contributed by atoms with Gasteiger partial charge in [0.25, 0.3) is 0 Å². The Hall–Kier alpha value is -1.97. The zero-order valence-corrected chi connectivity index (χ0v) is 16.5. The molecular formula is C24H29F3O. The van der Waals surface area contributed by atoms with E-state index in [0.29, 0.717) is 5.92 Å². The summed E-state index contributed by atoms with van der Waals surface area (Å²) in [6.45, 7) is 2.37. The minimum absolute atomic E-state index is 0.118. The second kappa shape index (κ2) is 9.99. The smallest absolute Gasteiger partial charge is 0.203 e. The Morgan fingerprint density at radius 1 is 0.857 bits per heavy atom. The first-order valence-corrected chi connectivity index (χ1v) is 10.4. The zero-order valence-electron chi connectivity index (χ0n) is 16.5. The molecule has 0 unspecified atom stereocenters. The maximum Gasteiger partial charge on any atom is 0.203 e. The van der Waals surface area contributed by atoms with Gasteiger partial charge in [-0.2, -0.15) is 4.39 Å². The van der Waals surface area contributed by atoms with Gasteiger partial charge in [-0.3, -0.25) is 0 Å². The van der Waals surface area contributed by atoms with Gasteiger partial charge in [-0.05, 0) is 60.8 Å². The van der Waals surface area contributed by atoms with Crippen molar-refractivity contribution in [1.82, 2.24) is 0 Å². The Morgan fingerprint density at radius 3 is 2.25 bits per heavy atom. The van der Waals surface area contributed by atoms with E-state index in [1.165, 1.54) is 56.9 Å². The van der Waals surface area contributed by atoms with Crippen molar-refractivity contribution in [2.24, 2.45) is 5.92 Å². The van der Waals surface area contributed by atoms with Crippen LogP contribution >= 0.6 is 0 Å². The summed E-state index contributed by atoms with van der Waals surface area (Å²) in [5.74, 6) is -2.77. The van der Waals surface area contributed by atoms with Crippen LogP contribution in [0.25, 0.3) is 0 Å².